The predicted octanol–water partition coefficient (Wildman–Crippen LogP) is 16.8. The molecule has 7 nitrogen and oxygen atoms in total. The monoisotopic (exact) mass is 1110 g/mol. The first-order valence-corrected chi connectivity index (χ1v) is 23.7. The van der Waals surface area contributed by atoms with Crippen LogP contribution >= 0.6 is 0 Å². The molecule has 8 aromatic carbocycles. The van der Waals surface area contributed by atoms with Crippen LogP contribution in [0.2, 0.25) is 0 Å². The van der Waals surface area contributed by atoms with Gasteiger partial charge in [-0.05, 0) is 94.1 Å². The van der Waals surface area contributed by atoms with Crippen LogP contribution in [0.4, 0.5) is 0 Å². The van der Waals surface area contributed by atoms with Crippen LogP contribution in [0.15, 0.2) is 161 Å². The molecule has 71 heavy (non-hydrogen) atoms. The van der Waals surface area contributed by atoms with E-state index in [1.54, 1.807) is 18.2 Å². The Kier molecular flexibility index (Phi) is 11.3. The zero-order chi connectivity index (χ0) is 50.9. The van der Waals surface area contributed by atoms with Gasteiger partial charge in [0.05, 0.1) is 39.9 Å². The Morgan fingerprint density at radius 2 is 1.41 bits per heavy atom. The number of aryl methyl sites for hydroxylation is 1. The number of nitriles is 1. The smallest absolute Gasteiger partial charge is 0.136 e. The Morgan fingerprint density at radius 3 is 2.13 bits per heavy atom. The minimum absolute atomic E-state index is 0. The van der Waals surface area contributed by atoms with Crippen LogP contribution in [0.5, 0.6) is 0 Å². The van der Waals surface area contributed by atoms with Crippen molar-refractivity contribution in [2.24, 2.45) is 0 Å². The molecule has 12 aromatic rings. The molecule has 0 spiro atoms. The van der Waals surface area contributed by atoms with Gasteiger partial charge in [-0.25, -0.2) is 0 Å². The van der Waals surface area contributed by atoms with Crippen molar-refractivity contribution >= 4 is 65.7 Å². The molecule has 4 aromatic heterocycles. The molecule has 0 aliphatic heterocycles. The average molecular weight is 1110 g/mol. The fraction of sp³-hybridized carbons (Fsp3) is 0.175. The quantitative estimate of drug-likeness (QED) is 0.154. The third-order valence-electron chi connectivity index (χ3n) is 13.2. The summed E-state index contributed by atoms with van der Waals surface area (Å²) in [4.78, 5) is 14.2. The fourth-order valence-corrected chi connectivity index (χ4v) is 9.61. The number of imidazole rings is 1. The van der Waals surface area contributed by atoms with Crippen molar-refractivity contribution in [3.63, 3.8) is 0 Å². The minimum Gasteiger partial charge on any atom is -0.501 e. The SMILES string of the molecule is CC(C)(C)c1ccnc(-c2[c-]cccc2)n1.[2H]C([2H])([2H])c1c[c-]c(-c2nc3ccc4ccccc4c3n2-c2c(C(C)C)cc(-c3ccccc3)cc2C(C)C)c2oc3cc4c(cc3c12)oc1cc(C#N)ccc14.[Ir]. The number of benzene rings is 8. The zero-order valence-electron chi connectivity index (χ0n) is 43.5. The fourth-order valence-electron chi connectivity index (χ4n) is 9.61. The molecule has 0 bridgehead atoms. The van der Waals surface area contributed by atoms with Gasteiger partial charge in [-0.3, -0.25) is 15.0 Å². The Morgan fingerprint density at radius 1 is 0.690 bits per heavy atom. The third kappa shape index (κ3) is 8.39. The first-order chi connectivity index (χ1) is 35.1. The zero-order valence-corrected chi connectivity index (χ0v) is 42.9. The Hall–Kier alpha value is -7.69. The number of hydrogen-bond donors (Lipinski definition) is 0. The summed E-state index contributed by atoms with van der Waals surface area (Å²) in [5, 5.41) is 14.4. The predicted molar refractivity (Wildman–Crippen MR) is 285 cm³/mol. The molecule has 0 aliphatic rings. The van der Waals surface area contributed by atoms with Crippen LogP contribution < -0.4 is 0 Å². The summed E-state index contributed by atoms with van der Waals surface area (Å²) < 4.78 is 41.3. The van der Waals surface area contributed by atoms with Crippen molar-refractivity contribution in [3.8, 4) is 45.7 Å². The largest absolute Gasteiger partial charge is 0.501 e. The van der Waals surface area contributed by atoms with E-state index in [0.717, 1.165) is 66.5 Å². The van der Waals surface area contributed by atoms with Gasteiger partial charge in [0, 0.05) is 68.8 Å². The van der Waals surface area contributed by atoms with Crippen LogP contribution in [-0.2, 0) is 25.5 Å². The molecule has 0 atom stereocenters. The molecular formula is C63H51IrN5O2-2. The molecule has 12 rings (SSSR count). The summed E-state index contributed by atoms with van der Waals surface area (Å²) >= 11 is 0. The maximum atomic E-state index is 9.50. The molecule has 0 aliphatic carbocycles. The molecule has 0 fully saturated rings. The van der Waals surface area contributed by atoms with Gasteiger partial charge in [0.2, 0.25) is 0 Å². The number of nitrogens with zero attached hydrogens (tertiary/aromatic N) is 5. The Labute approximate surface area is 431 Å². The van der Waals surface area contributed by atoms with E-state index < -0.39 is 6.85 Å². The van der Waals surface area contributed by atoms with E-state index in [0.29, 0.717) is 50.1 Å². The van der Waals surface area contributed by atoms with Crippen LogP contribution in [0.25, 0.3) is 105 Å². The summed E-state index contributed by atoms with van der Waals surface area (Å²) in [5.74, 6) is 1.64. The van der Waals surface area contributed by atoms with Gasteiger partial charge in [0.15, 0.2) is 0 Å². The van der Waals surface area contributed by atoms with Gasteiger partial charge in [-0.15, -0.1) is 53.6 Å². The van der Waals surface area contributed by atoms with Crippen molar-refractivity contribution < 1.29 is 33.1 Å². The number of aromatic nitrogens is 4. The molecule has 0 N–H and O–H groups in total. The van der Waals surface area contributed by atoms with Gasteiger partial charge in [0.1, 0.15) is 16.7 Å². The average Bonchev–Trinajstić information content (AvgIpc) is 4.08. The van der Waals surface area contributed by atoms with Gasteiger partial charge >= 0.3 is 0 Å². The summed E-state index contributed by atoms with van der Waals surface area (Å²) in [6.45, 7) is 12.9. The topological polar surface area (TPSA) is 93.7 Å². The first-order valence-electron chi connectivity index (χ1n) is 25.2. The molecule has 0 amide bonds. The van der Waals surface area contributed by atoms with Crippen LogP contribution in [0.1, 0.15) is 92.4 Å². The molecule has 8 heteroatoms. The van der Waals surface area contributed by atoms with E-state index in [9.17, 15) is 5.26 Å². The molecule has 1 radical (unpaired) electrons. The van der Waals surface area contributed by atoms with E-state index in [1.165, 1.54) is 11.1 Å². The van der Waals surface area contributed by atoms with Gasteiger partial charge in [-0.1, -0.05) is 127 Å². The molecule has 0 saturated heterocycles. The maximum absolute atomic E-state index is 9.50. The van der Waals surface area contributed by atoms with Crippen molar-refractivity contribution in [2.45, 2.75) is 72.6 Å². The van der Waals surface area contributed by atoms with Crippen LogP contribution in [0, 0.1) is 30.3 Å². The number of fused-ring (bicyclic) bond motifs is 9. The summed E-state index contributed by atoms with van der Waals surface area (Å²) in [6.07, 6.45) is 1.81. The maximum Gasteiger partial charge on any atom is 0.136 e. The molecule has 0 unspecified atom stereocenters. The summed E-state index contributed by atoms with van der Waals surface area (Å²) in [5.41, 5.74) is 12.7. The number of furan rings is 2. The van der Waals surface area contributed by atoms with Crippen molar-refractivity contribution in [1.29, 1.82) is 5.26 Å². The first kappa shape index (κ1) is 43.3. The van der Waals surface area contributed by atoms with E-state index in [1.807, 2.05) is 66.9 Å². The van der Waals surface area contributed by atoms with Gasteiger partial charge in [-0.2, -0.15) is 5.26 Å². The van der Waals surface area contributed by atoms with E-state index in [2.05, 4.69) is 148 Å². The van der Waals surface area contributed by atoms with Crippen molar-refractivity contribution in [2.75, 3.05) is 0 Å². The second kappa shape index (κ2) is 18.6. The molecular weight excluding hydrogens is 1050 g/mol. The Bertz CT molecular complexity index is 4110. The van der Waals surface area contributed by atoms with E-state index >= 15 is 0 Å². The Balaban J connectivity index is 0.000000315. The van der Waals surface area contributed by atoms with Gasteiger partial charge in [0.25, 0.3) is 0 Å². The number of hydrogen-bond acceptors (Lipinski definition) is 6. The third-order valence-corrected chi connectivity index (χ3v) is 13.2. The summed E-state index contributed by atoms with van der Waals surface area (Å²) in [6, 6.07) is 56.7. The number of rotatable bonds is 6. The standard InChI is InChI=1S/C49H36N3O2.C14H15N2.Ir/c1-27(2)37-22-33(31-11-7-6-8-12-31)23-38(28(3)4)46(37)52-47-34-14-10-9-13-32(34)17-20-41(47)51-49(52)36-18-15-29(5)45-40-25-43-39(24-44(40)54-48(36)45)35-19-16-30(26-50)21-42(35)53-43;1-14(2,3)12-9-10-15-13(16-12)11-7-5-4-6-8-11;/h6-17,19-25,27-28H,1-5H3;4-7,9-10H,1-3H3;/q2*-1;/i5D3;;. The minimum atomic E-state index is -2.46. The summed E-state index contributed by atoms with van der Waals surface area (Å²) in [7, 11) is 0. The van der Waals surface area contributed by atoms with Crippen molar-refractivity contribution in [3.05, 3.63) is 192 Å². The molecule has 351 valence electrons. The van der Waals surface area contributed by atoms with Crippen molar-refractivity contribution in [1.82, 2.24) is 19.5 Å². The second-order valence-electron chi connectivity index (χ2n) is 19.5. The van der Waals surface area contributed by atoms with Crippen LogP contribution in [-0.4, -0.2) is 19.5 Å². The van der Waals surface area contributed by atoms with E-state index in [-0.39, 0.29) is 42.9 Å². The molecule has 0 saturated carbocycles. The second-order valence-corrected chi connectivity index (χ2v) is 19.5. The molecule has 4 heterocycles. The van der Waals surface area contributed by atoms with E-state index in [4.69, 9.17) is 17.9 Å². The van der Waals surface area contributed by atoms with Gasteiger partial charge < -0.3 is 13.4 Å². The van der Waals surface area contributed by atoms with Crippen LogP contribution in [0.3, 0.4) is 0 Å². The normalized spacial score (nSPS) is 12.6.